The molecular formula is C8H8N2O2. The van der Waals surface area contributed by atoms with Gasteiger partial charge < -0.3 is 0 Å². The predicted octanol–water partition coefficient (Wildman–Crippen LogP) is 1.64. The molecule has 1 aromatic heterocycles. The molecule has 0 saturated heterocycles. The molecule has 0 spiro atoms. The van der Waals surface area contributed by atoms with Crippen molar-refractivity contribution in [3.8, 4) is 0 Å². The van der Waals surface area contributed by atoms with Crippen LogP contribution in [0.4, 0.5) is 0 Å². The van der Waals surface area contributed by atoms with E-state index >= 15 is 0 Å². The molecule has 12 heavy (non-hydrogen) atoms. The van der Waals surface area contributed by atoms with Crippen LogP contribution in [-0.4, -0.2) is 9.91 Å². The highest BCUT2D eigenvalue weighted by Gasteiger charge is 1.93. The maximum Gasteiger partial charge on any atom is 0.235 e. The lowest BCUT2D eigenvalue weighted by Gasteiger charge is -1.94. The van der Waals surface area contributed by atoms with E-state index in [1.807, 2.05) is 6.92 Å². The van der Waals surface area contributed by atoms with E-state index in [9.17, 15) is 10.1 Å². The molecule has 4 nitrogen and oxygen atoms in total. The quantitative estimate of drug-likeness (QED) is 0.493. The van der Waals surface area contributed by atoms with Crippen LogP contribution >= 0.6 is 0 Å². The minimum absolute atomic E-state index is 0.494. The van der Waals surface area contributed by atoms with Gasteiger partial charge in [0, 0.05) is 24.0 Å². The van der Waals surface area contributed by atoms with E-state index in [-0.39, 0.29) is 0 Å². The zero-order valence-corrected chi connectivity index (χ0v) is 6.60. The average Bonchev–Trinajstić information content (AvgIpc) is 2.03. The molecule has 0 fully saturated rings. The van der Waals surface area contributed by atoms with Gasteiger partial charge in [-0.1, -0.05) is 0 Å². The van der Waals surface area contributed by atoms with Crippen LogP contribution in [0, 0.1) is 17.0 Å². The van der Waals surface area contributed by atoms with Crippen LogP contribution in [0.2, 0.25) is 0 Å². The topological polar surface area (TPSA) is 56.0 Å². The van der Waals surface area contributed by atoms with Crippen molar-refractivity contribution in [1.29, 1.82) is 0 Å². The minimum atomic E-state index is -0.494. The fraction of sp³-hybridized carbons (Fsp3) is 0.125. The first-order valence-electron chi connectivity index (χ1n) is 3.42. The third-order valence-corrected chi connectivity index (χ3v) is 1.46. The Bertz CT molecular complexity index is 321. The summed E-state index contributed by atoms with van der Waals surface area (Å²) in [5, 5.41) is 9.98. The van der Waals surface area contributed by atoms with E-state index in [0.717, 1.165) is 17.3 Å². The number of aromatic nitrogens is 1. The van der Waals surface area contributed by atoms with E-state index in [4.69, 9.17) is 0 Å². The highest BCUT2D eigenvalue weighted by atomic mass is 16.6. The second-order valence-corrected chi connectivity index (χ2v) is 2.33. The smallest absolute Gasteiger partial charge is 0.235 e. The molecule has 62 valence electrons. The minimum Gasteiger partial charge on any atom is -0.264 e. The van der Waals surface area contributed by atoms with Gasteiger partial charge >= 0.3 is 0 Å². The monoisotopic (exact) mass is 164 g/mol. The summed E-state index contributed by atoms with van der Waals surface area (Å²) in [7, 11) is 0. The number of nitro groups is 1. The van der Waals surface area contributed by atoms with E-state index < -0.39 is 4.92 Å². The third-order valence-electron chi connectivity index (χ3n) is 1.46. The van der Waals surface area contributed by atoms with Gasteiger partial charge in [-0.15, -0.1) is 0 Å². The Morgan fingerprint density at radius 3 is 3.00 bits per heavy atom. The van der Waals surface area contributed by atoms with Gasteiger partial charge in [0.2, 0.25) is 6.20 Å². The summed E-state index contributed by atoms with van der Waals surface area (Å²) in [4.78, 5) is 13.3. The predicted molar refractivity (Wildman–Crippen MR) is 45.0 cm³/mol. The van der Waals surface area contributed by atoms with E-state index in [0.29, 0.717) is 0 Å². The summed E-state index contributed by atoms with van der Waals surface area (Å²) in [6, 6.07) is 1.81. The normalized spacial score (nSPS) is 10.4. The van der Waals surface area contributed by atoms with Crippen molar-refractivity contribution in [3.63, 3.8) is 0 Å². The van der Waals surface area contributed by atoms with Crippen LogP contribution in [0.5, 0.6) is 0 Å². The van der Waals surface area contributed by atoms with Gasteiger partial charge in [-0.05, 0) is 18.6 Å². The first kappa shape index (κ1) is 8.39. The summed E-state index contributed by atoms with van der Waals surface area (Å²) < 4.78 is 0. The molecule has 0 aliphatic heterocycles. The first-order valence-corrected chi connectivity index (χ1v) is 3.42. The largest absolute Gasteiger partial charge is 0.264 e. The molecule has 4 heteroatoms. The van der Waals surface area contributed by atoms with E-state index in [2.05, 4.69) is 4.98 Å². The number of pyridine rings is 1. The maximum atomic E-state index is 9.98. The van der Waals surface area contributed by atoms with Crippen LogP contribution in [0.3, 0.4) is 0 Å². The Balaban J connectivity index is 2.89. The lowest BCUT2D eigenvalue weighted by atomic mass is 10.2. The van der Waals surface area contributed by atoms with Crippen molar-refractivity contribution in [3.05, 3.63) is 45.9 Å². The average molecular weight is 164 g/mol. The Morgan fingerprint density at radius 2 is 2.42 bits per heavy atom. The van der Waals surface area contributed by atoms with Crippen molar-refractivity contribution in [2.75, 3.05) is 0 Å². The number of nitrogens with zero attached hydrogens (tertiary/aromatic N) is 2. The van der Waals surface area contributed by atoms with Gasteiger partial charge in [0.25, 0.3) is 0 Å². The first-order chi connectivity index (χ1) is 5.70. The Morgan fingerprint density at radius 1 is 1.67 bits per heavy atom. The van der Waals surface area contributed by atoms with Gasteiger partial charge in [-0.25, -0.2) is 0 Å². The summed E-state index contributed by atoms with van der Waals surface area (Å²) in [6.07, 6.45) is 5.58. The second kappa shape index (κ2) is 3.61. The highest BCUT2D eigenvalue weighted by molar-refractivity contribution is 5.50. The molecule has 1 aromatic rings. The van der Waals surface area contributed by atoms with Crippen molar-refractivity contribution >= 4 is 6.08 Å². The molecule has 0 aromatic carbocycles. The van der Waals surface area contributed by atoms with Gasteiger partial charge in [0.1, 0.15) is 0 Å². The number of rotatable bonds is 2. The van der Waals surface area contributed by atoms with Crippen molar-refractivity contribution < 1.29 is 4.92 Å². The third kappa shape index (κ3) is 2.16. The van der Waals surface area contributed by atoms with E-state index in [1.165, 1.54) is 6.08 Å². The van der Waals surface area contributed by atoms with Crippen LogP contribution < -0.4 is 0 Å². The highest BCUT2D eigenvalue weighted by Crippen LogP contribution is 2.06. The SMILES string of the molecule is Cc1ccncc1C=C[N+](=O)[O-]. The summed E-state index contributed by atoms with van der Waals surface area (Å²) in [5.74, 6) is 0. The van der Waals surface area contributed by atoms with Crippen LogP contribution in [0.15, 0.2) is 24.7 Å². The molecule has 0 aliphatic rings. The molecule has 1 rings (SSSR count). The number of aryl methyl sites for hydroxylation is 1. The molecule has 0 bridgehead atoms. The fourth-order valence-electron chi connectivity index (χ4n) is 0.792. The summed E-state index contributed by atoms with van der Waals surface area (Å²) in [5.41, 5.74) is 1.75. The number of hydrogen-bond acceptors (Lipinski definition) is 3. The molecular weight excluding hydrogens is 156 g/mol. The van der Waals surface area contributed by atoms with Crippen LogP contribution in [0.25, 0.3) is 6.08 Å². The van der Waals surface area contributed by atoms with Crippen molar-refractivity contribution in [2.45, 2.75) is 6.92 Å². The molecule has 0 saturated carbocycles. The molecule has 1 heterocycles. The second-order valence-electron chi connectivity index (χ2n) is 2.33. The molecule has 0 radical (unpaired) electrons. The van der Waals surface area contributed by atoms with Crippen LogP contribution in [-0.2, 0) is 0 Å². The zero-order chi connectivity index (χ0) is 8.97. The Labute approximate surface area is 69.7 Å². The Kier molecular flexibility index (Phi) is 2.53. The van der Waals surface area contributed by atoms with E-state index in [1.54, 1.807) is 18.5 Å². The summed E-state index contributed by atoms with van der Waals surface area (Å²) >= 11 is 0. The maximum absolute atomic E-state index is 9.98. The molecule has 0 atom stereocenters. The molecule has 0 aliphatic carbocycles. The summed E-state index contributed by atoms with van der Waals surface area (Å²) in [6.45, 7) is 1.88. The molecule has 0 N–H and O–H groups in total. The van der Waals surface area contributed by atoms with Gasteiger partial charge in [0.05, 0.1) is 4.92 Å². The van der Waals surface area contributed by atoms with Crippen molar-refractivity contribution in [1.82, 2.24) is 4.98 Å². The number of hydrogen-bond donors (Lipinski definition) is 0. The van der Waals surface area contributed by atoms with Crippen LogP contribution in [0.1, 0.15) is 11.1 Å². The lowest BCUT2D eigenvalue weighted by Crippen LogP contribution is -1.85. The Hall–Kier alpha value is -1.71. The van der Waals surface area contributed by atoms with Gasteiger partial charge in [0.15, 0.2) is 0 Å². The molecule has 0 amide bonds. The van der Waals surface area contributed by atoms with Gasteiger partial charge in [-0.2, -0.15) is 0 Å². The molecule has 0 unspecified atom stereocenters. The lowest BCUT2D eigenvalue weighted by molar-refractivity contribution is -0.400. The zero-order valence-electron chi connectivity index (χ0n) is 6.60. The van der Waals surface area contributed by atoms with Crippen molar-refractivity contribution in [2.24, 2.45) is 0 Å². The fourth-order valence-corrected chi connectivity index (χ4v) is 0.792. The van der Waals surface area contributed by atoms with Gasteiger partial charge in [-0.3, -0.25) is 15.1 Å². The standard InChI is InChI=1S/C8H8N2O2/c1-7-2-4-9-6-8(7)3-5-10(11)12/h2-6H,1H3.